The minimum absolute atomic E-state index is 1.11. The molecule has 0 fully saturated rings. The van der Waals surface area contributed by atoms with Crippen molar-refractivity contribution in [2.24, 2.45) is 0 Å². The standard InChI is InChI=1S/C17H19/c1-3-4-10-15-11-6-8-13-17(15)16-12-7-5-9-14(16)2/h5-9,11-13H,2-4,10H2,1H3. The van der Waals surface area contributed by atoms with Crippen LogP contribution in [0.4, 0.5) is 0 Å². The molecule has 0 unspecified atom stereocenters. The van der Waals surface area contributed by atoms with E-state index in [0.29, 0.717) is 0 Å². The first-order valence-electron chi connectivity index (χ1n) is 6.32. The summed E-state index contributed by atoms with van der Waals surface area (Å²) in [5.41, 5.74) is 5.15. The highest BCUT2D eigenvalue weighted by atomic mass is 14.1. The zero-order valence-electron chi connectivity index (χ0n) is 10.4. The van der Waals surface area contributed by atoms with E-state index in [9.17, 15) is 0 Å². The quantitative estimate of drug-likeness (QED) is 0.693. The molecule has 0 aliphatic rings. The predicted octanol–water partition coefficient (Wildman–Crippen LogP) is 4.88. The number of unbranched alkanes of at least 4 members (excludes halogenated alkanes) is 1. The maximum atomic E-state index is 4.12. The average Bonchev–Trinajstić information content (AvgIpc) is 2.37. The zero-order chi connectivity index (χ0) is 12.1. The first kappa shape index (κ1) is 11.9. The van der Waals surface area contributed by atoms with Gasteiger partial charge in [0, 0.05) is 0 Å². The van der Waals surface area contributed by atoms with Crippen LogP contribution in [0.3, 0.4) is 0 Å². The summed E-state index contributed by atoms with van der Waals surface area (Å²) in [6, 6.07) is 17.0. The molecule has 2 aromatic rings. The lowest BCUT2D eigenvalue weighted by atomic mass is 9.93. The van der Waals surface area contributed by atoms with E-state index in [-0.39, 0.29) is 0 Å². The number of rotatable bonds is 4. The van der Waals surface area contributed by atoms with Gasteiger partial charge < -0.3 is 0 Å². The van der Waals surface area contributed by atoms with Crippen LogP contribution in [0.1, 0.15) is 30.9 Å². The highest BCUT2D eigenvalue weighted by Gasteiger charge is 2.05. The molecule has 0 N–H and O–H groups in total. The van der Waals surface area contributed by atoms with Gasteiger partial charge in [-0.05, 0) is 42.0 Å². The SMILES string of the molecule is [CH2]c1ccccc1-c1ccccc1CCCC. The second-order valence-electron chi connectivity index (χ2n) is 4.42. The molecule has 0 nitrogen and oxygen atoms in total. The lowest BCUT2D eigenvalue weighted by molar-refractivity contribution is 0.796. The monoisotopic (exact) mass is 223 g/mol. The Balaban J connectivity index is 2.41. The average molecular weight is 223 g/mol. The Hall–Kier alpha value is -1.56. The van der Waals surface area contributed by atoms with E-state index >= 15 is 0 Å². The molecule has 0 spiro atoms. The normalized spacial score (nSPS) is 10.5. The molecule has 2 rings (SSSR count). The second-order valence-corrected chi connectivity index (χ2v) is 4.42. The van der Waals surface area contributed by atoms with Crippen LogP contribution in [0.15, 0.2) is 48.5 Å². The van der Waals surface area contributed by atoms with E-state index in [0.717, 1.165) is 12.0 Å². The molecular weight excluding hydrogens is 204 g/mol. The minimum Gasteiger partial charge on any atom is -0.0654 e. The van der Waals surface area contributed by atoms with Crippen LogP contribution in [0.5, 0.6) is 0 Å². The fraction of sp³-hybridized carbons (Fsp3) is 0.235. The molecule has 2 aromatic carbocycles. The molecule has 0 atom stereocenters. The van der Waals surface area contributed by atoms with Gasteiger partial charge in [0.15, 0.2) is 0 Å². The molecular formula is C17H19. The largest absolute Gasteiger partial charge is 0.0654 e. The topological polar surface area (TPSA) is 0 Å². The molecule has 0 aliphatic heterocycles. The van der Waals surface area contributed by atoms with Crippen LogP contribution in [-0.4, -0.2) is 0 Å². The Morgan fingerprint density at radius 2 is 1.53 bits per heavy atom. The van der Waals surface area contributed by atoms with Gasteiger partial charge in [-0.15, -0.1) is 0 Å². The van der Waals surface area contributed by atoms with Crippen molar-refractivity contribution < 1.29 is 0 Å². The highest BCUT2D eigenvalue weighted by Crippen LogP contribution is 2.27. The molecule has 0 heterocycles. The van der Waals surface area contributed by atoms with Gasteiger partial charge >= 0.3 is 0 Å². The third-order valence-corrected chi connectivity index (χ3v) is 3.12. The van der Waals surface area contributed by atoms with Crippen LogP contribution < -0.4 is 0 Å². The summed E-state index contributed by atoms with van der Waals surface area (Å²) in [5.74, 6) is 0. The second kappa shape index (κ2) is 5.67. The van der Waals surface area contributed by atoms with Crippen molar-refractivity contribution in [2.75, 3.05) is 0 Å². The van der Waals surface area contributed by atoms with Gasteiger partial charge in [0.25, 0.3) is 0 Å². The van der Waals surface area contributed by atoms with E-state index in [1.54, 1.807) is 0 Å². The molecule has 1 radical (unpaired) electrons. The fourth-order valence-electron chi connectivity index (χ4n) is 2.15. The number of benzene rings is 2. The summed E-state index contributed by atoms with van der Waals surface area (Å²) >= 11 is 0. The molecule has 0 amide bonds. The summed E-state index contributed by atoms with van der Waals surface area (Å²) in [5, 5.41) is 0. The van der Waals surface area contributed by atoms with Crippen molar-refractivity contribution >= 4 is 0 Å². The molecule has 0 aromatic heterocycles. The van der Waals surface area contributed by atoms with Crippen LogP contribution in [0.25, 0.3) is 11.1 Å². The number of aryl methyl sites for hydroxylation is 1. The number of hydrogen-bond donors (Lipinski definition) is 0. The molecule has 87 valence electrons. The van der Waals surface area contributed by atoms with Crippen molar-refractivity contribution in [3.8, 4) is 11.1 Å². The summed E-state index contributed by atoms with van der Waals surface area (Å²) in [7, 11) is 0. The van der Waals surface area contributed by atoms with Gasteiger partial charge in [0.1, 0.15) is 0 Å². The highest BCUT2D eigenvalue weighted by molar-refractivity contribution is 5.71. The lowest BCUT2D eigenvalue weighted by Crippen LogP contribution is -1.91. The van der Waals surface area contributed by atoms with E-state index in [4.69, 9.17) is 0 Å². The number of hydrogen-bond acceptors (Lipinski definition) is 0. The Kier molecular flexibility index (Phi) is 3.98. The first-order valence-corrected chi connectivity index (χ1v) is 6.32. The van der Waals surface area contributed by atoms with Crippen molar-refractivity contribution in [1.82, 2.24) is 0 Å². The minimum atomic E-state index is 1.11. The predicted molar refractivity (Wildman–Crippen MR) is 74.9 cm³/mol. The summed E-state index contributed by atoms with van der Waals surface area (Å²) in [6.07, 6.45) is 3.64. The Bertz CT molecular complexity index is 483. The molecule has 0 saturated heterocycles. The van der Waals surface area contributed by atoms with E-state index in [2.05, 4.69) is 56.3 Å². The summed E-state index contributed by atoms with van der Waals surface area (Å²) < 4.78 is 0. The maximum absolute atomic E-state index is 4.12. The van der Waals surface area contributed by atoms with Crippen LogP contribution in [0.2, 0.25) is 0 Å². The molecule has 0 saturated carbocycles. The first-order chi connectivity index (χ1) is 8.33. The van der Waals surface area contributed by atoms with E-state index in [1.165, 1.54) is 29.5 Å². The molecule has 0 aliphatic carbocycles. The van der Waals surface area contributed by atoms with Crippen molar-refractivity contribution in [1.29, 1.82) is 0 Å². The van der Waals surface area contributed by atoms with E-state index < -0.39 is 0 Å². The Morgan fingerprint density at radius 3 is 2.24 bits per heavy atom. The fourth-order valence-corrected chi connectivity index (χ4v) is 2.15. The van der Waals surface area contributed by atoms with Crippen LogP contribution in [0, 0.1) is 6.92 Å². The molecule has 0 heteroatoms. The van der Waals surface area contributed by atoms with Crippen LogP contribution >= 0.6 is 0 Å². The van der Waals surface area contributed by atoms with Gasteiger partial charge in [0.2, 0.25) is 0 Å². The maximum Gasteiger partial charge on any atom is -0.0149 e. The van der Waals surface area contributed by atoms with Gasteiger partial charge in [-0.2, -0.15) is 0 Å². The lowest BCUT2D eigenvalue weighted by Gasteiger charge is -2.11. The van der Waals surface area contributed by atoms with Gasteiger partial charge in [-0.1, -0.05) is 61.9 Å². The van der Waals surface area contributed by atoms with Gasteiger partial charge in [0.05, 0.1) is 0 Å². The van der Waals surface area contributed by atoms with Crippen molar-refractivity contribution in [3.63, 3.8) is 0 Å². The zero-order valence-corrected chi connectivity index (χ0v) is 10.4. The van der Waals surface area contributed by atoms with Crippen molar-refractivity contribution in [2.45, 2.75) is 26.2 Å². The summed E-state index contributed by atoms with van der Waals surface area (Å²) in [4.78, 5) is 0. The smallest absolute Gasteiger partial charge is 0.0149 e. The Labute approximate surface area is 104 Å². The van der Waals surface area contributed by atoms with E-state index in [1.807, 2.05) is 6.07 Å². The summed E-state index contributed by atoms with van der Waals surface area (Å²) in [6.45, 7) is 6.35. The van der Waals surface area contributed by atoms with Gasteiger partial charge in [-0.3, -0.25) is 0 Å². The molecule has 17 heavy (non-hydrogen) atoms. The Morgan fingerprint density at radius 1 is 0.882 bits per heavy atom. The third-order valence-electron chi connectivity index (χ3n) is 3.12. The van der Waals surface area contributed by atoms with Gasteiger partial charge in [-0.25, -0.2) is 0 Å². The molecule has 0 bridgehead atoms. The third kappa shape index (κ3) is 2.76. The van der Waals surface area contributed by atoms with Crippen LogP contribution in [-0.2, 0) is 6.42 Å². The van der Waals surface area contributed by atoms with Crippen molar-refractivity contribution in [3.05, 3.63) is 66.6 Å².